The number of halogens is 4. The van der Waals surface area contributed by atoms with Crippen LogP contribution in [0.4, 0.5) is 17.6 Å². The number of primary amides is 1. The van der Waals surface area contributed by atoms with Crippen LogP contribution in [0, 0.1) is 12.7 Å². The van der Waals surface area contributed by atoms with Crippen molar-refractivity contribution in [2.45, 2.75) is 51.7 Å². The highest BCUT2D eigenvalue weighted by Gasteiger charge is 2.30. The lowest BCUT2D eigenvalue weighted by atomic mass is 10.1. The number of ether oxygens (including phenoxy) is 1. The number of unbranched alkanes of at least 4 members (excludes halogenated alkanes) is 2. The van der Waals surface area contributed by atoms with Crippen LogP contribution in [-0.2, 0) is 19.1 Å². The zero-order valence-corrected chi connectivity index (χ0v) is 23.0. The standard InChI is InChI=1S/C31H35F4N3O3/c1-21-13-24(29(36)39)18-25(14-21)30(40)38-11-4-5-12-41-28-17-22(16-27(32)19-28)7-2-3-10-37-20-23-8-6-9-26(15-23)31(33,34)35/h6,8-9,13-19,37H,2-5,7,10-12,20H2,1H3,(H2,36,39)(H,38,40). The second-order valence-corrected chi connectivity index (χ2v) is 9.89. The normalized spacial score (nSPS) is 11.3. The van der Waals surface area contributed by atoms with E-state index in [1.807, 2.05) is 0 Å². The number of rotatable bonds is 15. The van der Waals surface area contributed by atoms with E-state index >= 15 is 0 Å². The molecule has 0 saturated carbocycles. The Hall–Kier alpha value is -3.92. The van der Waals surface area contributed by atoms with Crippen molar-refractivity contribution in [3.05, 3.63) is 99.9 Å². The van der Waals surface area contributed by atoms with Crippen LogP contribution in [0.1, 0.15) is 68.7 Å². The molecule has 0 aliphatic carbocycles. The second kappa shape index (κ2) is 15.2. The molecule has 0 aliphatic rings. The van der Waals surface area contributed by atoms with Gasteiger partial charge in [0.1, 0.15) is 11.6 Å². The molecule has 0 saturated heterocycles. The van der Waals surface area contributed by atoms with Gasteiger partial charge in [-0.15, -0.1) is 0 Å². The molecule has 0 atom stereocenters. The van der Waals surface area contributed by atoms with Gasteiger partial charge in [0.2, 0.25) is 5.91 Å². The summed E-state index contributed by atoms with van der Waals surface area (Å²) in [6, 6.07) is 14.6. The third-order valence-electron chi connectivity index (χ3n) is 6.33. The van der Waals surface area contributed by atoms with Gasteiger partial charge < -0.3 is 21.1 Å². The van der Waals surface area contributed by atoms with Crippen LogP contribution in [0.2, 0.25) is 0 Å². The van der Waals surface area contributed by atoms with Gasteiger partial charge in [-0.3, -0.25) is 9.59 Å². The van der Waals surface area contributed by atoms with E-state index in [1.54, 1.807) is 31.2 Å². The van der Waals surface area contributed by atoms with Crippen LogP contribution in [0.25, 0.3) is 0 Å². The van der Waals surface area contributed by atoms with E-state index in [1.165, 1.54) is 24.3 Å². The number of carbonyl (C=O) groups excluding carboxylic acids is 2. The average molecular weight is 574 g/mol. The Morgan fingerprint density at radius 1 is 0.878 bits per heavy atom. The molecule has 0 aliphatic heterocycles. The molecule has 3 aromatic rings. The minimum Gasteiger partial charge on any atom is -0.493 e. The van der Waals surface area contributed by atoms with E-state index in [0.717, 1.165) is 36.1 Å². The molecule has 10 heteroatoms. The Balaban J connectivity index is 1.32. The van der Waals surface area contributed by atoms with E-state index in [2.05, 4.69) is 10.6 Å². The summed E-state index contributed by atoms with van der Waals surface area (Å²) in [5.41, 5.74) is 7.44. The summed E-state index contributed by atoms with van der Waals surface area (Å²) in [7, 11) is 0. The van der Waals surface area contributed by atoms with Crippen LogP contribution in [0.5, 0.6) is 5.75 Å². The van der Waals surface area contributed by atoms with Gasteiger partial charge in [0.05, 0.1) is 12.2 Å². The number of carbonyl (C=O) groups is 2. The molecule has 0 aromatic heterocycles. The number of nitrogens with two attached hydrogens (primary N) is 1. The smallest absolute Gasteiger partial charge is 0.416 e. The highest BCUT2D eigenvalue weighted by atomic mass is 19.4. The summed E-state index contributed by atoms with van der Waals surface area (Å²) in [5.74, 6) is -0.839. The molecule has 0 spiro atoms. The minimum absolute atomic E-state index is 0.281. The van der Waals surface area contributed by atoms with Crippen LogP contribution in [-0.4, -0.2) is 31.5 Å². The van der Waals surface area contributed by atoms with E-state index in [4.69, 9.17) is 10.5 Å². The fraction of sp³-hybridized carbons (Fsp3) is 0.355. The van der Waals surface area contributed by atoms with Gasteiger partial charge in [-0.1, -0.05) is 18.2 Å². The fourth-order valence-electron chi connectivity index (χ4n) is 4.30. The largest absolute Gasteiger partial charge is 0.493 e. The number of hydrogen-bond donors (Lipinski definition) is 3. The maximum Gasteiger partial charge on any atom is 0.416 e. The van der Waals surface area contributed by atoms with E-state index in [9.17, 15) is 27.2 Å². The molecule has 4 N–H and O–H groups in total. The number of hydrogen-bond acceptors (Lipinski definition) is 4. The first kappa shape index (κ1) is 31.6. The number of aryl methyl sites for hydroxylation is 2. The van der Waals surface area contributed by atoms with Gasteiger partial charge in [-0.25, -0.2) is 4.39 Å². The number of amides is 2. The van der Waals surface area contributed by atoms with Crippen molar-refractivity contribution in [3.8, 4) is 5.75 Å². The van der Waals surface area contributed by atoms with Crippen molar-refractivity contribution in [1.29, 1.82) is 0 Å². The van der Waals surface area contributed by atoms with Crippen molar-refractivity contribution in [2.24, 2.45) is 5.73 Å². The van der Waals surface area contributed by atoms with Crippen LogP contribution >= 0.6 is 0 Å². The van der Waals surface area contributed by atoms with Crippen LogP contribution < -0.4 is 21.1 Å². The summed E-state index contributed by atoms with van der Waals surface area (Å²) < 4.78 is 58.3. The highest BCUT2D eigenvalue weighted by molar-refractivity contribution is 5.99. The zero-order chi connectivity index (χ0) is 29.8. The minimum atomic E-state index is -4.36. The van der Waals surface area contributed by atoms with Crippen LogP contribution in [0.3, 0.4) is 0 Å². The van der Waals surface area contributed by atoms with Gasteiger partial charge in [0.25, 0.3) is 5.91 Å². The molecule has 0 heterocycles. The Kier molecular flexibility index (Phi) is 11.7. The van der Waals surface area contributed by atoms with Gasteiger partial charge >= 0.3 is 6.18 Å². The Morgan fingerprint density at radius 3 is 2.39 bits per heavy atom. The van der Waals surface area contributed by atoms with Crippen molar-refractivity contribution >= 4 is 11.8 Å². The summed E-state index contributed by atoms with van der Waals surface area (Å²) in [6.07, 6.45) is -0.866. The monoisotopic (exact) mass is 573 g/mol. The molecular formula is C31H35F4N3O3. The first-order chi connectivity index (χ1) is 19.5. The fourth-order valence-corrected chi connectivity index (χ4v) is 4.30. The molecule has 220 valence electrons. The van der Waals surface area contributed by atoms with E-state index in [-0.39, 0.29) is 17.3 Å². The lowest BCUT2D eigenvalue weighted by molar-refractivity contribution is -0.137. The zero-order valence-electron chi connectivity index (χ0n) is 23.0. The SMILES string of the molecule is Cc1cc(C(N)=O)cc(C(=O)NCCCCOc2cc(F)cc(CCCCNCc3cccc(C(F)(F)F)c3)c2)c1. The third-order valence-corrected chi connectivity index (χ3v) is 6.33. The summed E-state index contributed by atoms with van der Waals surface area (Å²) in [5, 5.41) is 5.96. The first-order valence-electron chi connectivity index (χ1n) is 13.5. The van der Waals surface area contributed by atoms with E-state index in [0.29, 0.717) is 62.4 Å². The molecule has 41 heavy (non-hydrogen) atoms. The molecular weight excluding hydrogens is 538 g/mol. The van der Waals surface area contributed by atoms with Gasteiger partial charge in [0, 0.05) is 30.3 Å². The van der Waals surface area contributed by atoms with Crippen molar-refractivity contribution in [1.82, 2.24) is 10.6 Å². The second-order valence-electron chi connectivity index (χ2n) is 9.89. The van der Waals surface area contributed by atoms with Crippen molar-refractivity contribution in [2.75, 3.05) is 19.7 Å². The van der Waals surface area contributed by atoms with Crippen LogP contribution in [0.15, 0.2) is 60.7 Å². The molecule has 2 amide bonds. The summed E-state index contributed by atoms with van der Waals surface area (Å²) in [6.45, 7) is 3.52. The van der Waals surface area contributed by atoms with Gasteiger partial charge in [-0.2, -0.15) is 13.2 Å². The third kappa shape index (κ3) is 10.9. The Bertz CT molecular complexity index is 1330. The van der Waals surface area contributed by atoms with Gasteiger partial charge in [-0.05, 0) is 98.7 Å². The highest BCUT2D eigenvalue weighted by Crippen LogP contribution is 2.29. The first-order valence-corrected chi connectivity index (χ1v) is 13.5. The Labute approximate surface area is 237 Å². The summed E-state index contributed by atoms with van der Waals surface area (Å²) in [4.78, 5) is 23.8. The van der Waals surface area contributed by atoms with Crippen molar-refractivity contribution in [3.63, 3.8) is 0 Å². The maximum atomic E-state index is 14.1. The van der Waals surface area contributed by atoms with Crippen molar-refractivity contribution < 1.29 is 31.9 Å². The number of alkyl halides is 3. The Morgan fingerprint density at radius 2 is 1.63 bits per heavy atom. The lowest BCUT2D eigenvalue weighted by Gasteiger charge is -2.11. The molecule has 0 fully saturated rings. The maximum absolute atomic E-state index is 14.1. The molecule has 0 bridgehead atoms. The molecule has 6 nitrogen and oxygen atoms in total. The average Bonchev–Trinajstić information content (AvgIpc) is 2.91. The summed E-state index contributed by atoms with van der Waals surface area (Å²) >= 11 is 0. The molecule has 0 radical (unpaired) electrons. The lowest BCUT2D eigenvalue weighted by Crippen LogP contribution is -2.25. The van der Waals surface area contributed by atoms with E-state index < -0.39 is 17.6 Å². The molecule has 0 unspecified atom stereocenters. The number of benzene rings is 3. The molecule has 3 aromatic carbocycles. The number of nitrogens with one attached hydrogen (secondary N) is 2. The predicted octanol–water partition coefficient (Wildman–Crippen LogP) is 5.95. The topological polar surface area (TPSA) is 93.5 Å². The predicted molar refractivity (Wildman–Crippen MR) is 149 cm³/mol. The quantitative estimate of drug-likeness (QED) is 0.155. The van der Waals surface area contributed by atoms with Gasteiger partial charge in [0.15, 0.2) is 0 Å². The molecule has 3 rings (SSSR count).